The van der Waals surface area contributed by atoms with Gasteiger partial charge < -0.3 is 24.5 Å². The monoisotopic (exact) mass is 584 g/mol. The molecular formula is C35H37FN2O5. The van der Waals surface area contributed by atoms with Crippen LogP contribution in [-0.2, 0) is 20.8 Å². The highest BCUT2D eigenvalue weighted by Gasteiger charge is 2.38. The molecule has 0 bridgehead atoms. The number of benzene rings is 3. The van der Waals surface area contributed by atoms with Crippen LogP contribution >= 0.6 is 0 Å². The molecular weight excluding hydrogens is 547 g/mol. The molecule has 1 saturated heterocycles. The zero-order valence-corrected chi connectivity index (χ0v) is 24.8. The van der Waals surface area contributed by atoms with E-state index >= 15 is 0 Å². The van der Waals surface area contributed by atoms with Gasteiger partial charge in [-0.1, -0.05) is 62.4 Å². The van der Waals surface area contributed by atoms with Crippen LogP contribution in [0.4, 0.5) is 10.1 Å². The summed E-state index contributed by atoms with van der Waals surface area (Å²) in [6, 6.07) is 25.3. The fourth-order valence-corrected chi connectivity index (χ4v) is 6.02. The lowest BCUT2D eigenvalue weighted by Crippen LogP contribution is -2.46. The predicted molar refractivity (Wildman–Crippen MR) is 164 cm³/mol. The number of amides is 1. The van der Waals surface area contributed by atoms with E-state index in [4.69, 9.17) is 9.47 Å². The quantitative estimate of drug-likeness (QED) is 0.210. The minimum absolute atomic E-state index is 0.0872. The molecule has 1 fully saturated rings. The normalized spacial score (nSPS) is 18.0. The number of aromatic nitrogens is 1. The molecule has 7 nitrogen and oxygen atoms in total. The molecule has 1 aliphatic rings. The minimum Gasteiger partial charge on any atom is -0.481 e. The Balaban J connectivity index is 1.74. The van der Waals surface area contributed by atoms with E-state index in [0.29, 0.717) is 24.2 Å². The Morgan fingerprint density at radius 1 is 0.930 bits per heavy atom. The number of rotatable bonds is 9. The Bertz CT molecular complexity index is 1580. The molecule has 0 saturated carbocycles. The third-order valence-corrected chi connectivity index (χ3v) is 7.50. The van der Waals surface area contributed by atoms with Crippen LogP contribution < -0.4 is 5.32 Å². The number of carbonyl (C=O) groups is 2. The Morgan fingerprint density at radius 2 is 1.53 bits per heavy atom. The minimum atomic E-state index is -1.00. The SMILES string of the molecule is CC(C)c1c(C(=O)Nc2ccccc2)c(-c2ccccc2)c(-c2ccc(F)cc2)n1C[C@@H]1C[C@H](CC(=O)O)OC(C)(C)O1. The second-order valence-electron chi connectivity index (χ2n) is 11.7. The van der Waals surface area contributed by atoms with Gasteiger partial charge in [-0.15, -0.1) is 0 Å². The Morgan fingerprint density at radius 3 is 2.14 bits per heavy atom. The summed E-state index contributed by atoms with van der Waals surface area (Å²) in [5.74, 6) is -2.65. The van der Waals surface area contributed by atoms with Crippen molar-refractivity contribution in [2.24, 2.45) is 0 Å². The number of carbonyl (C=O) groups excluding carboxylic acids is 1. The van der Waals surface area contributed by atoms with Gasteiger partial charge in [0, 0.05) is 29.9 Å². The van der Waals surface area contributed by atoms with Gasteiger partial charge in [-0.3, -0.25) is 9.59 Å². The fraction of sp³-hybridized carbons (Fsp3) is 0.314. The van der Waals surface area contributed by atoms with E-state index in [1.54, 1.807) is 26.0 Å². The molecule has 2 heterocycles. The van der Waals surface area contributed by atoms with Gasteiger partial charge in [-0.25, -0.2) is 4.39 Å². The first-order valence-corrected chi connectivity index (χ1v) is 14.5. The number of carboxylic acid groups (broad SMARTS) is 1. The second-order valence-corrected chi connectivity index (χ2v) is 11.7. The van der Waals surface area contributed by atoms with Gasteiger partial charge in [0.05, 0.1) is 29.9 Å². The summed E-state index contributed by atoms with van der Waals surface area (Å²) in [5, 5.41) is 12.6. The Kier molecular flexibility index (Phi) is 8.80. The van der Waals surface area contributed by atoms with Crippen molar-refractivity contribution in [1.82, 2.24) is 4.57 Å². The van der Waals surface area contributed by atoms with Gasteiger partial charge in [0.15, 0.2) is 5.79 Å². The highest BCUT2D eigenvalue weighted by Crippen LogP contribution is 2.43. The Hall–Kier alpha value is -4.27. The number of nitrogens with zero attached hydrogens (tertiary/aromatic N) is 1. The number of hydrogen-bond donors (Lipinski definition) is 2. The molecule has 0 spiro atoms. The highest BCUT2D eigenvalue weighted by atomic mass is 19.1. The summed E-state index contributed by atoms with van der Waals surface area (Å²) >= 11 is 0. The Labute approximate surface area is 251 Å². The molecule has 1 aromatic heterocycles. The number of nitrogens with one attached hydrogen (secondary N) is 1. The number of ether oxygens (including phenoxy) is 2. The van der Waals surface area contributed by atoms with Crippen molar-refractivity contribution < 1.29 is 28.6 Å². The van der Waals surface area contributed by atoms with E-state index in [1.807, 2.05) is 74.5 Å². The van der Waals surface area contributed by atoms with Crippen molar-refractivity contribution in [1.29, 1.82) is 0 Å². The third kappa shape index (κ3) is 6.87. The van der Waals surface area contributed by atoms with Gasteiger partial charge in [0.25, 0.3) is 5.91 Å². The number of hydrogen-bond acceptors (Lipinski definition) is 4. The lowest BCUT2D eigenvalue weighted by atomic mass is 9.94. The maximum absolute atomic E-state index is 14.3. The van der Waals surface area contributed by atoms with Gasteiger partial charge in [0.2, 0.25) is 0 Å². The van der Waals surface area contributed by atoms with Crippen LogP contribution in [0, 0.1) is 5.82 Å². The van der Waals surface area contributed by atoms with Crippen molar-refractivity contribution in [3.63, 3.8) is 0 Å². The van der Waals surface area contributed by atoms with Gasteiger partial charge in [0.1, 0.15) is 5.82 Å². The molecule has 1 amide bonds. The van der Waals surface area contributed by atoms with Crippen LogP contribution in [0.15, 0.2) is 84.9 Å². The third-order valence-electron chi connectivity index (χ3n) is 7.50. The summed E-state index contributed by atoms with van der Waals surface area (Å²) in [6.07, 6.45) is -0.726. The lowest BCUT2D eigenvalue weighted by Gasteiger charge is -2.41. The summed E-state index contributed by atoms with van der Waals surface area (Å²) < 4.78 is 28.6. The zero-order valence-electron chi connectivity index (χ0n) is 24.8. The molecule has 2 N–H and O–H groups in total. The van der Waals surface area contributed by atoms with Crippen molar-refractivity contribution in [3.8, 4) is 22.4 Å². The second kappa shape index (κ2) is 12.5. The van der Waals surface area contributed by atoms with Gasteiger partial charge in [-0.2, -0.15) is 0 Å². The fourth-order valence-electron chi connectivity index (χ4n) is 6.02. The molecule has 3 aromatic carbocycles. The average Bonchev–Trinajstić information content (AvgIpc) is 3.28. The van der Waals surface area contributed by atoms with Crippen LogP contribution in [0.5, 0.6) is 0 Å². The van der Waals surface area contributed by atoms with Crippen molar-refractivity contribution in [3.05, 3.63) is 102 Å². The van der Waals surface area contributed by atoms with Crippen molar-refractivity contribution in [2.75, 3.05) is 5.32 Å². The van der Waals surface area contributed by atoms with E-state index < -0.39 is 24.0 Å². The molecule has 5 rings (SSSR count). The van der Waals surface area contributed by atoms with E-state index in [-0.39, 0.29) is 24.1 Å². The van der Waals surface area contributed by atoms with Crippen LogP contribution in [0.2, 0.25) is 0 Å². The van der Waals surface area contributed by atoms with E-state index in [1.165, 1.54) is 12.1 Å². The number of carboxylic acids is 1. The van der Waals surface area contributed by atoms with Crippen molar-refractivity contribution in [2.45, 2.75) is 71.0 Å². The lowest BCUT2D eigenvalue weighted by molar-refractivity contribution is -0.301. The molecule has 0 radical (unpaired) electrons. The summed E-state index contributed by atoms with van der Waals surface area (Å²) in [4.78, 5) is 25.8. The molecule has 8 heteroatoms. The van der Waals surface area contributed by atoms with Gasteiger partial charge in [-0.05, 0) is 67.3 Å². The van der Waals surface area contributed by atoms with Gasteiger partial charge >= 0.3 is 5.97 Å². The first-order chi connectivity index (χ1) is 20.5. The maximum Gasteiger partial charge on any atom is 0.305 e. The van der Waals surface area contributed by atoms with Crippen LogP contribution in [0.25, 0.3) is 22.4 Å². The average molecular weight is 585 g/mol. The van der Waals surface area contributed by atoms with Crippen LogP contribution in [0.1, 0.15) is 62.5 Å². The first kappa shape index (κ1) is 30.2. The maximum atomic E-state index is 14.3. The molecule has 4 aromatic rings. The molecule has 2 atom stereocenters. The summed E-state index contributed by atoms with van der Waals surface area (Å²) in [5.41, 5.74) is 5.08. The van der Waals surface area contributed by atoms with E-state index in [2.05, 4.69) is 9.88 Å². The molecule has 224 valence electrons. The standard InChI is InChI=1S/C35H37FN2O5/c1-22(2)32-31(34(41)37-26-13-9-6-10-14-26)30(23-11-7-5-8-12-23)33(24-15-17-25(36)18-16-24)38(32)21-28-19-27(20-29(39)40)42-35(3,4)43-28/h5-18,22,27-28H,19-21H2,1-4H3,(H,37,41)(H,39,40)/t27-,28+/m1/s1. The molecule has 0 aliphatic carbocycles. The topological polar surface area (TPSA) is 89.8 Å². The molecule has 1 aliphatic heterocycles. The summed E-state index contributed by atoms with van der Waals surface area (Å²) in [7, 11) is 0. The largest absolute Gasteiger partial charge is 0.481 e. The first-order valence-electron chi connectivity index (χ1n) is 14.5. The highest BCUT2D eigenvalue weighted by molar-refractivity contribution is 6.12. The zero-order chi connectivity index (χ0) is 30.7. The molecule has 0 unspecified atom stereocenters. The van der Waals surface area contributed by atoms with E-state index in [9.17, 15) is 19.1 Å². The number of aliphatic carboxylic acids is 1. The van der Waals surface area contributed by atoms with Crippen molar-refractivity contribution >= 4 is 17.6 Å². The number of para-hydroxylation sites is 1. The summed E-state index contributed by atoms with van der Waals surface area (Å²) in [6.45, 7) is 7.97. The number of halogens is 1. The number of anilines is 1. The van der Waals surface area contributed by atoms with Crippen LogP contribution in [-0.4, -0.2) is 39.5 Å². The van der Waals surface area contributed by atoms with Crippen LogP contribution in [0.3, 0.4) is 0 Å². The predicted octanol–water partition coefficient (Wildman–Crippen LogP) is 7.72. The smallest absolute Gasteiger partial charge is 0.305 e. The van der Waals surface area contributed by atoms with E-state index in [0.717, 1.165) is 28.1 Å². The molecule has 43 heavy (non-hydrogen) atoms.